The summed E-state index contributed by atoms with van der Waals surface area (Å²) in [6.07, 6.45) is 3.58. The number of carbonyl (C=O) groups is 2. The molecular weight excluding hydrogens is 352 g/mol. The zero-order valence-corrected chi connectivity index (χ0v) is 15.5. The first-order chi connectivity index (χ1) is 13.7. The highest BCUT2D eigenvalue weighted by atomic mass is 16.5. The molecule has 0 saturated carbocycles. The lowest BCUT2D eigenvalue weighted by atomic mass is 10.0. The molecule has 0 aliphatic heterocycles. The van der Waals surface area contributed by atoms with Crippen molar-refractivity contribution in [1.29, 1.82) is 0 Å². The van der Waals surface area contributed by atoms with Crippen molar-refractivity contribution in [1.82, 2.24) is 0 Å². The predicted molar refractivity (Wildman–Crippen MR) is 109 cm³/mol. The van der Waals surface area contributed by atoms with Gasteiger partial charge in [-0.3, -0.25) is 0 Å². The van der Waals surface area contributed by atoms with Crippen molar-refractivity contribution in [3.05, 3.63) is 101 Å². The molecule has 3 aromatic carbocycles. The summed E-state index contributed by atoms with van der Waals surface area (Å²) in [5, 5.41) is 0. The number of rotatable bonds is 6. The van der Waals surface area contributed by atoms with Gasteiger partial charge < -0.3 is 9.47 Å². The molecule has 0 aliphatic rings. The predicted octanol–water partition coefficient (Wildman–Crippen LogP) is 5.25. The first-order valence-corrected chi connectivity index (χ1v) is 8.99. The van der Waals surface area contributed by atoms with Crippen molar-refractivity contribution in [2.75, 3.05) is 6.61 Å². The Morgan fingerprint density at radius 2 is 1.21 bits per heavy atom. The summed E-state index contributed by atoms with van der Waals surface area (Å²) < 4.78 is 10.5. The van der Waals surface area contributed by atoms with E-state index in [0.717, 1.165) is 0 Å². The van der Waals surface area contributed by atoms with Gasteiger partial charge in [0.15, 0.2) is 0 Å². The highest BCUT2D eigenvalue weighted by Gasteiger charge is 2.13. The van der Waals surface area contributed by atoms with E-state index in [1.54, 1.807) is 67.6 Å². The SMILES string of the molecule is CCOC(=O)c1ccccc1/C=C/c1ccccc1C(=O)Oc1ccccc1. The van der Waals surface area contributed by atoms with Crippen molar-refractivity contribution in [3.8, 4) is 5.75 Å². The number of benzene rings is 3. The first-order valence-electron chi connectivity index (χ1n) is 8.99. The molecule has 0 unspecified atom stereocenters. The molecule has 0 bridgehead atoms. The second-order valence-electron chi connectivity index (χ2n) is 5.93. The van der Waals surface area contributed by atoms with E-state index in [9.17, 15) is 9.59 Å². The number of esters is 2. The number of carbonyl (C=O) groups excluding carboxylic acids is 2. The highest BCUT2D eigenvalue weighted by Crippen LogP contribution is 2.19. The molecule has 0 radical (unpaired) electrons. The van der Waals surface area contributed by atoms with Crippen molar-refractivity contribution in [2.45, 2.75) is 6.92 Å². The number of para-hydroxylation sites is 1. The van der Waals surface area contributed by atoms with E-state index >= 15 is 0 Å². The maximum absolute atomic E-state index is 12.6. The van der Waals surface area contributed by atoms with Crippen LogP contribution in [0.5, 0.6) is 5.75 Å². The van der Waals surface area contributed by atoms with Gasteiger partial charge in [0.2, 0.25) is 0 Å². The summed E-state index contributed by atoms with van der Waals surface area (Å²) in [7, 11) is 0. The molecule has 0 saturated heterocycles. The van der Waals surface area contributed by atoms with E-state index < -0.39 is 5.97 Å². The summed E-state index contributed by atoms with van der Waals surface area (Å²) in [6.45, 7) is 2.08. The summed E-state index contributed by atoms with van der Waals surface area (Å²) in [4.78, 5) is 24.7. The monoisotopic (exact) mass is 372 g/mol. The van der Waals surface area contributed by atoms with Crippen LogP contribution < -0.4 is 4.74 Å². The van der Waals surface area contributed by atoms with Gasteiger partial charge in [-0.25, -0.2) is 9.59 Å². The van der Waals surface area contributed by atoms with E-state index in [4.69, 9.17) is 9.47 Å². The van der Waals surface area contributed by atoms with Crippen LogP contribution >= 0.6 is 0 Å². The van der Waals surface area contributed by atoms with Crippen molar-refractivity contribution in [3.63, 3.8) is 0 Å². The zero-order valence-electron chi connectivity index (χ0n) is 15.5. The Balaban J connectivity index is 1.86. The van der Waals surface area contributed by atoms with E-state index in [1.165, 1.54) is 0 Å². The Kier molecular flexibility index (Phi) is 6.37. The smallest absolute Gasteiger partial charge is 0.344 e. The van der Waals surface area contributed by atoms with Crippen LogP contribution in [0.1, 0.15) is 38.8 Å². The second kappa shape index (κ2) is 9.33. The van der Waals surface area contributed by atoms with Crippen LogP contribution in [0.4, 0.5) is 0 Å². The van der Waals surface area contributed by atoms with E-state index in [2.05, 4.69) is 0 Å². The van der Waals surface area contributed by atoms with E-state index in [-0.39, 0.29) is 5.97 Å². The zero-order chi connectivity index (χ0) is 19.8. The van der Waals surface area contributed by atoms with Crippen LogP contribution in [-0.4, -0.2) is 18.5 Å². The van der Waals surface area contributed by atoms with Crippen LogP contribution in [0.25, 0.3) is 12.2 Å². The Morgan fingerprint density at radius 1 is 0.714 bits per heavy atom. The Labute approximate surface area is 164 Å². The van der Waals surface area contributed by atoms with Gasteiger partial charge in [-0.1, -0.05) is 66.7 Å². The maximum atomic E-state index is 12.6. The molecular formula is C24H20O4. The molecule has 0 spiro atoms. The summed E-state index contributed by atoms with van der Waals surface area (Å²) in [5.74, 6) is -0.330. The average molecular weight is 372 g/mol. The molecule has 4 heteroatoms. The fourth-order valence-corrected chi connectivity index (χ4v) is 2.70. The molecule has 0 amide bonds. The number of hydrogen-bond donors (Lipinski definition) is 0. The van der Waals surface area contributed by atoms with Crippen molar-refractivity contribution < 1.29 is 19.1 Å². The van der Waals surface area contributed by atoms with Gasteiger partial charge >= 0.3 is 11.9 Å². The van der Waals surface area contributed by atoms with Gasteiger partial charge in [0.25, 0.3) is 0 Å². The van der Waals surface area contributed by atoms with Crippen molar-refractivity contribution >= 4 is 24.1 Å². The van der Waals surface area contributed by atoms with Gasteiger partial charge in [-0.15, -0.1) is 0 Å². The largest absolute Gasteiger partial charge is 0.462 e. The van der Waals surface area contributed by atoms with Gasteiger partial charge in [-0.2, -0.15) is 0 Å². The first kappa shape index (κ1) is 19.1. The molecule has 0 aliphatic carbocycles. The molecule has 0 fully saturated rings. The minimum Gasteiger partial charge on any atom is -0.462 e. The minimum absolute atomic E-state index is 0.311. The lowest BCUT2D eigenvalue weighted by Gasteiger charge is -2.08. The van der Waals surface area contributed by atoms with E-state index in [0.29, 0.717) is 34.6 Å². The Bertz CT molecular complexity index is 990. The topological polar surface area (TPSA) is 52.6 Å². The molecule has 0 N–H and O–H groups in total. The minimum atomic E-state index is -0.440. The van der Waals surface area contributed by atoms with Gasteiger partial charge in [0.1, 0.15) is 5.75 Å². The molecule has 3 rings (SSSR count). The molecule has 28 heavy (non-hydrogen) atoms. The Morgan fingerprint density at radius 3 is 1.79 bits per heavy atom. The number of ether oxygens (including phenoxy) is 2. The highest BCUT2D eigenvalue weighted by molar-refractivity contribution is 5.98. The standard InChI is InChI=1S/C24H20O4/c1-2-27-23(25)21-14-8-6-10-18(21)16-17-19-11-7-9-15-22(19)24(26)28-20-12-4-3-5-13-20/h3-17H,2H2,1H3/b17-16+. The maximum Gasteiger partial charge on any atom is 0.344 e. The van der Waals surface area contributed by atoms with Crippen LogP contribution in [0.2, 0.25) is 0 Å². The molecule has 4 nitrogen and oxygen atoms in total. The summed E-state index contributed by atoms with van der Waals surface area (Å²) >= 11 is 0. The third-order valence-electron chi connectivity index (χ3n) is 4.03. The third-order valence-corrected chi connectivity index (χ3v) is 4.03. The Hall–Kier alpha value is -3.66. The average Bonchev–Trinajstić information content (AvgIpc) is 2.73. The van der Waals surface area contributed by atoms with Crippen molar-refractivity contribution in [2.24, 2.45) is 0 Å². The summed E-state index contributed by atoms with van der Waals surface area (Å²) in [6, 6.07) is 23.3. The van der Waals surface area contributed by atoms with Crippen LogP contribution in [0, 0.1) is 0 Å². The lowest BCUT2D eigenvalue weighted by Crippen LogP contribution is -2.10. The van der Waals surface area contributed by atoms with E-state index in [1.807, 2.05) is 30.3 Å². The van der Waals surface area contributed by atoms with Crippen LogP contribution in [0.3, 0.4) is 0 Å². The molecule has 0 aromatic heterocycles. The van der Waals surface area contributed by atoms with Crippen LogP contribution in [-0.2, 0) is 4.74 Å². The molecule has 140 valence electrons. The van der Waals surface area contributed by atoms with Gasteiger partial charge in [0.05, 0.1) is 17.7 Å². The fraction of sp³-hybridized carbons (Fsp3) is 0.0833. The molecule has 0 heterocycles. The molecule has 3 aromatic rings. The van der Waals surface area contributed by atoms with Gasteiger partial charge in [0, 0.05) is 0 Å². The fourth-order valence-electron chi connectivity index (χ4n) is 2.70. The number of hydrogen-bond acceptors (Lipinski definition) is 4. The second-order valence-corrected chi connectivity index (χ2v) is 5.93. The van der Waals surface area contributed by atoms with Crippen LogP contribution in [0.15, 0.2) is 78.9 Å². The summed E-state index contributed by atoms with van der Waals surface area (Å²) in [5.41, 5.74) is 2.33. The molecule has 0 atom stereocenters. The lowest BCUT2D eigenvalue weighted by molar-refractivity contribution is 0.0525. The normalized spacial score (nSPS) is 10.6. The quantitative estimate of drug-likeness (QED) is 0.337. The van der Waals surface area contributed by atoms with Gasteiger partial charge in [-0.05, 0) is 42.3 Å². The third kappa shape index (κ3) is 4.74.